The SMILES string of the molecule is COc1cc(Cl)ccc1C(=O)N1CCC(N(CCc2noc(C3CC3)n2)C(C)=O)C1. The van der Waals surface area contributed by atoms with Crippen LogP contribution in [-0.4, -0.2) is 64.5 Å². The van der Waals surface area contributed by atoms with E-state index in [4.69, 9.17) is 20.9 Å². The summed E-state index contributed by atoms with van der Waals surface area (Å²) in [5, 5.41) is 4.54. The van der Waals surface area contributed by atoms with Gasteiger partial charge in [-0.1, -0.05) is 16.8 Å². The van der Waals surface area contributed by atoms with Crippen LogP contribution in [0.15, 0.2) is 22.7 Å². The number of aromatic nitrogens is 2. The highest BCUT2D eigenvalue weighted by Gasteiger charge is 2.33. The average Bonchev–Trinajstić information content (AvgIpc) is 3.27. The Kier molecular flexibility index (Phi) is 5.94. The topological polar surface area (TPSA) is 88.8 Å². The number of ether oxygens (including phenoxy) is 1. The zero-order valence-corrected chi connectivity index (χ0v) is 17.9. The van der Waals surface area contributed by atoms with Gasteiger partial charge in [-0.3, -0.25) is 9.59 Å². The molecule has 2 heterocycles. The van der Waals surface area contributed by atoms with Crippen LogP contribution < -0.4 is 4.74 Å². The van der Waals surface area contributed by atoms with Gasteiger partial charge in [-0.2, -0.15) is 4.98 Å². The maximum absolute atomic E-state index is 13.0. The maximum Gasteiger partial charge on any atom is 0.257 e. The van der Waals surface area contributed by atoms with E-state index in [9.17, 15) is 9.59 Å². The number of methoxy groups -OCH3 is 1. The van der Waals surface area contributed by atoms with Gasteiger partial charge in [-0.15, -0.1) is 0 Å². The van der Waals surface area contributed by atoms with E-state index in [-0.39, 0.29) is 17.9 Å². The highest BCUT2D eigenvalue weighted by atomic mass is 35.5. The monoisotopic (exact) mass is 432 g/mol. The summed E-state index contributed by atoms with van der Waals surface area (Å²) in [5.74, 6) is 2.04. The third-order valence-electron chi connectivity index (χ3n) is 5.68. The van der Waals surface area contributed by atoms with E-state index in [0.29, 0.717) is 60.0 Å². The van der Waals surface area contributed by atoms with Crippen molar-refractivity contribution in [3.63, 3.8) is 0 Å². The molecule has 2 fully saturated rings. The van der Waals surface area contributed by atoms with E-state index in [0.717, 1.165) is 19.3 Å². The normalized spacial score (nSPS) is 18.5. The summed E-state index contributed by atoms with van der Waals surface area (Å²) in [6.45, 7) is 3.10. The standard InChI is InChI=1S/C21H25ClN4O4/c1-13(27)26(10-8-19-23-20(30-24-19)14-3-4-14)16-7-9-25(12-16)21(28)17-6-5-15(22)11-18(17)29-2/h5-6,11,14,16H,3-4,7-10,12H2,1-2H3. The zero-order chi connectivity index (χ0) is 21.3. The number of carbonyl (C=O) groups excluding carboxylic acids is 2. The first-order valence-electron chi connectivity index (χ1n) is 10.2. The zero-order valence-electron chi connectivity index (χ0n) is 17.1. The second-order valence-electron chi connectivity index (χ2n) is 7.82. The molecule has 1 saturated heterocycles. The molecule has 0 N–H and O–H groups in total. The molecule has 1 saturated carbocycles. The Morgan fingerprint density at radius 2 is 2.13 bits per heavy atom. The van der Waals surface area contributed by atoms with Crippen LogP contribution in [0.1, 0.15) is 54.2 Å². The average molecular weight is 433 g/mol. The fourth-order valence-electron chi connectivity index (χ4n) is 3.88. The van der Waals surface area contributed by atoms with E-state index in [1.807, 2.05) is 0 Å². The highest BCUT2D eigenvalue weighted by Crippen LogP contribution is 2.38. The number of hydrogen-bond acceptors (Lipinski definition) is 6. The summed E-state index contributed by atoms with van der Waals surface area (Å²) < 4.78 is 10.6. The Balaban J connectivity index is 1.39. The number of rotatable bonds is 7. The van der Waals surface area contributed by atoms with E-state index in [2.05, 4.69) is 10.1 Å². The van der Waals surface area contributed by atoms with E-state index in [1.165, 1.54) is 7.11 Å². The summed E-state index contributed by atoms with van der Waals surface area (Å²) in [7, 11) is 1.51. The summed E-state index contributed by atoms with van der Waals surface area (Å²) in [6, 6.07) is 4.94. The molecule has 0 spiro atoms. The van der Waals surface area contributed by atoms with Crippen molar-refractivity contribution < 1.29 is 18.8 Å². The molecule has 160 valence electrons. The summed E-state index contributed by atoms with van der Waals surface area (Å²) in [6.07, 6.45) is 3.46. The molecule has 1 aromatic heterocycles. The van der Waals surface area contributed by atoms with Crippen LogP contribution in [0.3, 0.4) is 0 Å². The van der Waals surface area contributed by atoms with Crippen LogP contribution >= 0.6 is 11.6 Å². The molecule has 9 heteroatoms. The second-order valence-corrected chi connectivity index (χ2v) is 8.26. The molecule has 1 aliphatic heterocycles. The number of amides is 2. The van der Waals surface area contributed by atoms with Crippen molar-refractivity contribution in [2.75, 3.05) is 26.7 Å². The Hall–Kier alpha value is -2.61. The van der Waals surface area contributed by atoms with E-state index in [1.54, 1.807) is 34.9 Å². The van der Waals surface area contributed by atoms with Gasteiger partial charge in [0.05, 0.1) is 18.7 Å². The predicted octanol–water partition coefficient (Wildman–Crippen LogP) is 2.91. The van der Waals surface area contributed by atoms with Crippen LogP contribution in [0.25, 0.3) is 0 Å². The number of carbonyl (C=O) groups is 2. The predicted molar refractivity (Wildman–Crippen MR) is 110 cm³/mol. The Morgan fingerprint density at radius 1 is 1.33 bits per heavy atom. The summed E-state index contributed by atoms with van der Waals surface area (Å²) >= 11 is 6.00. The van der Waals surface area contributed by atoms with Crippen molar-refractivity contribution in [3.05, 3.63) is 40.5 Å². The van der Waals surface area contributed by atoms with E-state index >= 15 is 0 Å². The number of halogens is 1. The van der Waals surface area contributed by atoms with Crippen LogP contribution in [0.2, 0.25) is 5.02 Å². The largest absolute Gasteiger partial charge is 0.496 e. The minimum atomic E-state index is -0.123. The molecule has 1 unspecified atom stereocenters. The maximum atomic E-state index is 13.0. The van der Waals surface area contributed by atoms with Crippen molar-refractivity contribution in [2.24, 2.45) is 0 Å². The summed E-state index contributed by atoms with van der Waals surface area (Å²) in [5.41, 5.74) is 0.469. The number of hydrogen-bond donors (Lipinski definition) is 0. The van der Waals surface area contributed by atoms with Crippen LogP contribution in [0.4, 0.5) is 0 Å². The smallest absolute Gasteiger partial charge is 0.257 e. The lowest BCUT2D eigenvalue weighted by Gasteiger charge is -2.27. The molecule has 8 nitrogen and oxygen atoms in total. The van der Waals surface area contributed by atoms with Gasteiger partial charge in [0, 0.05) is 43.9 Å². The molecule has 4 rings (SSSR count). The van der Waals surface area contributed by atoms with Gasteiger partial charge in [0.1, 0.15) is 5.75 Å². The minimum absolute atomic E-state index is 0.0238. The first kappa shape index (κ1) is 20.7. The van der Waals surface area contributed by atoms with Crippen molar-refractivity contribution in [1.82, 2.24) is 19.9 Å². The molecule has 1 atom stereocenters. The fraction of sp³-hybridized carbons (Fsp3) is 0.524. The molecule has 0 bridgehead atoms. The molecule has 1 aromatic carbocycles. The molecule has 2 aliphatic rings. The third kappa shape index (κ3) is 4.43. The molecule has 30 heavy (non-hydrogen) atoms. The van der Waals surface area contributed by atoms with Crippen LogP contribution in [-0.2, 0) is 11.2 Å². The molecular weight excluding hydrogens is 408 g/mol. The van der Waals surface area contributed by atoms with Gasteiger partial charge in [-0.05, 0) is 37.5 Å². The number of nitrogens with zero attached hydrogens (tertiary/aromatic N) is 4. The lowest BCUT2D eigenvalue weighted by atomic mass is 10.1. The van der Waals surface area contributed by atoms with Crippen LogP contribution in [0, 0.1) is 0 Å². The van der Waals surface area contributed by atoms with Crippen molar-refractivity contribution in [2.45, 2.75) is 44.6 Å². The van der Waals surface area contributed by atoms with Gasteiger partial charge in [0.2, 0.25) is 11.8 Å². The van der Waals surface area contributed by atoms with E-state index < -0.39 is 0 Å². The molecular formula is C21H25ClN4O4. The number of likely N-dealkylation sites (tertiary alicyclic amines) is 1. The first-order chi connectivity index (χ1) is 14.5. The Morgan fingerprint density at radius 3 is 2.83 bits per heavy atom. The molecule has 1 aliphatic carbocycles. The van der Waals surface area contributed by atoms with Crippen molar-refractivity contribution >= 4 is 23.4 Å². The quantitative estimate of drug-likeness (QED) is 0.668. The van der Waals surface area contributed by atoms with Crippen LogP contribution in [0.5, 0.6) is 5.75 Å². The Bertz CT molecular complexity index is 943. The second kappa shape index (κ2) is 8.63. The molecule has 0 radical (unpaired) electrons. The van der Waals surface area contributed by atoms with Gasteiger partial charge < -0.3 is 19.1 Å². The van der Waals surface area contributed by atoms with Crippen molar-refractivity contribution in [1.29, 1.82) is 0 Å². The lowest BCUT2D eigenvalue weighted by molar-refractivity contribution is -0.130. The fourth-order valence-corrected chi connectivity index (χ4v) is 4.04. The van der Waals surface area contributed by atoms with Gasteiger partial charge in [0.25, 0.3) is 5.91 Å². The summed E-state index contributed by atoms with van der Waals surface area (Å²) in [4.78, 5) is 33.3. The van der Waals surface area contributed by atoms with Gasteiger partial charge in [0.15, 0.2) is 5.82 Å². The molecule has 2 amide bonds. The highest BCUT2D eigenvalue weighted by molar-refractivity contribution is 6.30. The lowest BCUT2D eigenvalue weighted by Crippen LogP contribution is -2.42. The molecule has 2 aromatic rings. The van der Waals surface area contributed by atoms with Gasteiger partial charge >= 0.3 is 0 Å². The Labute approximate surface area is 180 Å². The minimum Gasteiger partial charge on any atom is -0.496 e. The first-order valence-corrected chi connectivity index (χ1v) is 10.6. The number of benzene rings is 1. The van der Waals surface area contributed by atoms with Gasteiger partial charge in [-0.25, -0.2) is 0 Å². The third-order valence-corrected chi connectivity index (χ3v) is 5.91. The van der Waals surface area contributed by atoms with Crippen molar-refractivity contribution in [3.8, 4) is 5.75 Å².